The molecule has 1 aromatic heterocycles. The topological polar surface area (TPSA) is 56.7 Å². The minimum Gasteiger partial charge on any atom is -0.368 e. The maximum atomic E-state index is 5.92. The Hall–Kier alpha value is -1.07. The predicted octanol–water partition coefficient (Wildman–Crippen LogP) is 2.48. The summed E-state index contributed by atoms with van der Waals surface area (Å²) < 4.78 is 2.40. The Morgan fingerprint density at radius 3 is 2.67 bits per heavy atom. The van der Waals surface area contributed by atoms with Gasteiger partial charge in [-0.1, -0.05) is 27.5 Å². The number of aromatic nitrogens is 3. The fraction of sp³-hybridized carbons (Fsp3) is 0.111. The second kappa shape index (κ2) is 3.83. The van der Waals surface area contributed by atoms with Gasteiger partial charge in [0.1, 0.15) is 0 Å². The summed E-state index contributed by atoms with van der Waals surface area (Å²) in [6.45, 7) is 0. The van der Waals surface area contributed by atoms with Crippen molar-refractivity contribution in [1.29, 1.82) is 0 Å². The first-order valence-electron chi connectivity index (χ1n) is 4.19. The van der Waals surface area contributed by atoms with E-state index in [2.05, 4.69) is 26.0 Å². The molecular weight excluding hydrogens is 279 g/mol. The molecule has 0 aliphatic carbocycles. The average molecular weight is 288 g/mol. The van der Waals surface area contributed by atoms with E-state index in [1.807, 2.05) is 6.07 Å². The van der Waals surface area contributed by atoms with Crippen LogP contribution in [0.5, 0.6) is 0 Å². The average Bonchev–Trinajstić information content (AvgIpc) is 2.45. The van der Waals surface area contributed by atoms with Crippen LogP contribution in [-0.4, -0.2) is 14.8 Å². The van der Waals surface area contributed by atoms with Gasteiger partial charge in [0.2, 0.25) is 5.95 Å². The molecule has 1 aromatic carbocycles. The van der Waals surface area contributed by atoms with Crippen LogP contribution in [0.25, 0.3) is 11.4 Å². The van der Waals surface area contributed by atoms with Gasteiger partial charge in [0, 0.05) is 22.1 Å². The number of hydrogen-bond acceptors (Lipinski definition) is 3. The van der Waals surface area contributed by atoms with Crippen molar-refractivity contribution in [3.05, 3.63) is 27.7 Å². The highest BCUT2D eigenvalue weighted by Crippen LogP contribution is 2.25. The highest BCUT2D eigenvalue weighted by molar-refractivity contribution is 9.10. The third-order valence-electron chi connectivity index (χ3n) is 1.92. The Balaban J connectivity index is 2.53. The summed E-state index contributed by atoms with van der Waals surface area (Å²) in [6.07, 6.45) is 0. The van der Waals surface area contributed by atoms with E-state index in [4.69, 9.17) is 17.3 Å². The smallest absolute Gasteiger partial charge is 0.218 e. The zero-order valence-corrected chi connectivity index (χ0v) is 10.2. The summed E-state index contributed by atoms with van der Waals surface area (Å²) in [5.41, 5.74) is 6.43. The van der Waals surface area contributed by atoms with Crippen LogP contribution in [0, 0.1) is 0 Å². The van der Waals surface area contributed by atoms with Gasteiger partial charge in [-0.2, -0.15) is 4.98 Å². The van der Waals surface area contributed by atoms with Crippen molar-refractivity contribution >= 4 is 33.5 Å². The van der Waals surface area contributed by atoms with E-state index in [9.17, 15) is 0 Å². The largest absolute Gasteiger partial charge is 0.368 e. The highest BCUT2D eigenvalue weighted by Gasteiger charge is 2.08. The maximum Gasteiger partial charge on any atom is 0.218 e. The first-order chi connectivity index (χ1) is 7.06. The van der Waals surface area contributed by atoms with E-state index in [-0.39, 0.29) is 0 Å². The molecule has 0 atom stereocenters. The molecule has 0 saturated carbocycles. The van der Waals surface area contributed by atoms with Crippen molar-refractivity contribution in [3.63, 3.8) is 0 Å². The first kappa shape index (κ1) is 10.4. The highest BCUT2D eigenvalue weighted by atomic mass is 79.9. The van der Waals surface area contributed by atoms with Crippen molar-refractivity contribution in [2.24, 2.45) is 7.05 Å². The van der Waals surface area contributed by atoms with E-state index in [1.54, 1.807) is 19.2 Å². The van der Waals surface area contributed by atoms with Gasteiger partial charge < -0.3 is 5.73 Å². The Morgan fingerprint density at radius 2 is 2.13 bits per heavy atom. The van der Waals surface area contributed by atoms with Crippen LogP contribution in [0.1, 0.15) is 0 Å². The molecule has 0 bridgehead atoms. The molecule has 0 unspecified atom stereocenters. The quantitative estimate of drug-likeness (QED) is 0.876. The number of aryl methyl sites for hydroxylation is 1. The Kier molecular flexibility index (Phi) is 2.67. The summed E-state index contributed by atoms with van der Waals surface area (Å²) in [6, 6.07) is 5.49. The van der Waals surface area contributed by atoms with E-state index in [0.717, 1.165) is 10.0 Å². The first-order valence-corrected chi connectivity index (χ1v) is 5.36. The van der Waals surface area contributed by atoms with Gasteiger partial charge in [-0.25, -0.2) is 4.68 Å². The molecule has 0 fully saturated rings. The van der Waals surface area contributed by atoms with Crippen LogP contribution < -0.4 is 5.73 Å². The third kappa shape index (κ3) is 2.13. The number of halogens is 2. The van der Waals surface area contributed by atoms with E-state index in [1.165, 1.54) is 4.68 Å². The predicted molar refractivity (Wildman–Crippen MR) is 63.6 cm³/mol. The number of nitrogens with two attached hydrogens (primary N) is 1. The molecule has 6 heteroatoms. The Bertz CT molecular complexity index is 469. The maximum absolute atomic E-state index is 5.92. The van der Waals surface area contributed by atoms with Gasteiger partial charge in [0.25, 0.3) is 0 Å². The van der Waals surface area contributed by atoms with Crippen LogP contribution in [0.2, 0.25) is 5.02 Å². The molecule has 0 aliphatic heterocycles. The summed E-state index contributed by atoms with van der Waals surface area (Å²) in [5.74, 6) is 0.944. The van der Waals surface area contributed by atoms with Gasteiger partial charge in [-0.15, -0.1) is 5.10 Å². The van der Waals surface area contributed by atoms with Crippen molar-refractivity contribution in [1.82, 2.24) is 14.8 Å². The fourth-order valence-corrected chi connectivity index (χ4v) is 2.06. The van der Waals surface area contributed by atoms with E-state index in [0.29, 0.717) is 16.8 Å². The third-order valence-corrected chi connectivity index (χ3v) is 2.59. The molecule has 0 amide bonds. The Morgan fingerprint density at radius 1 is 1.40 bits per heavy atom. The van der Waals surface area contributed by atoms with Crippen molar-refractivity contribution in [3.8, 4) is 11.4 Å². The minimum atomic E-state index is 0.376. The molecule has 78 valence electrons. The standard InChI is InChI=1S/C9H8BrClN4/c1-15-9(12)13-8(14-15)5-2-6(10)4-7(11)3-5/h2-4H,1H3,(H2,12,13,14). The number of benzene rings is 1. The van der Waals surface area contributed by atoms with Crippen LogP contribution >= 0.6 is 27.5 Å². The minimum absolute atomic E-state index is 0.376. The molecule has 0 radical (unpaired) electrons. The lowest BCUT2D eigenvalue weighted by Crippen LogP contribution is -1.97. The monoisotopic (exact) mass is 286 g/mol. The van der Waals surface area contributed by atoms with Crippen LogP contribution in [-0.2, 0) is 7.05 Å². The zero-order valence-electron chi connectivity index (χ0n) is 7.91. The molecule has 2 rings (SSSR count). The molecule has 0 aliphatic rings. The SMILES string of the molecule is Cn1nc(-c2cc(Cl)cc(Br)c2)nc1N. The Labute approximate surface area is 100 Å². The number of anilines is 1. The van der Waals surface area contributed by atoms with Gasteiger partial charge >= 0.3 is 0 Å². The number of hydrogen-bond donors (Lipinski definition) is 1. The summed E-state index contributed by atoms with van der Waals surface area (Å²) >= 11 is 9.28. The van der Waals surface area contributed by atoms with E-state index < -0.39 is 0 Å². The number of nitrogen functional groups attached to an aromatic ring is 1. The lowest BCUT2D eigenvalue weighted by Gasteiger charge is -1.97. The lowest BCUT2D eigenvalue weighted by molar-refractivity contribution is 0.781. The summed E-state index contributed by atoms with van der Waals surface area (Å²) in [7, 11) is 1.74. The van der Waals surface area contributed by atoms with Crippen LogP contribution in [0.4, 0.5) is 5.95 Å². The molecule has 2 aromatic rings. The molecule has 0 saturated heterocycles. The second-order valence-corrected chi connectivity index (χ2v) is 4.43. The zero-order chi connectivity index (χ0) is 11.0. The van der Waals surface area contributed by atoms with Crippen molar-refractivity contribution in [2.75, 3.05) is 5.73 Å². The molecule has 1 heterocycles. The molecule has 15 heavy (non-hydrogen) atoms. The number of nitrogens with zero attached hydrogens (tertiary/aromatic N) is 3. The normalized spacial score (nSPS) is 10.6. The fourth-order valence-electron chi connectivity index (χ4n) is 1.20. The van der Waals surface area contributed by atoms with Crippen molar-refractivity contribution in [2.45, 2.75) is 0 Å². The molecular formula is C9H8BrClN4. The second-order valence-electron chi connectivity index (χ2n) is 3.08. The summed E-state index contributed by atoms with van der Waals surface area (Å²) in [5, 5.41) is 4.79. The molecule has 2 N–H and O–H groups in total. The summed E-state index contributed by atoms with van der Waals surface area (Å²) in [4.78, 5) is 4.11. The van der Waals surface area contributed by atoms with Crippen molar-refractivity contribution < 1.29 is 0 Å². The van der Waals surface area contributed by atoms with Crippen LogP contribution in [0.3, 0.4) is 0 Å². The van der Waals surface area contributed by atoms with Crippen LogP contribution in [0.15, 0.2) is 22.7 Å². The number of rotatable bonds is 1. The van der Waals surface area contributed by atoms with Gasteiger partial charge in [0.15, 0.2) is 5.82 Å². The van der Waals surface area contributed by atoms with Gasteiger partial charge in [-0.05, 0) is 18.2 Å². The van der Waals surface area contributed by atoms with Gasteiger partial charge in [-0.3, -0.25) is 0 Å². The molecule has 4 nitrogen and oxygen atoms in total. The molecule has 0 spiro atoms. The van der Waals surface area contributed by atoms with Gasteiger partial charge in [0.05, 0.1) is 0 Å². The lowest BCUT2D eigenvalue weighted by atomic mass is 10.2. The van der Waals surface area contributed by atoms with E-state index >= 15 is 0 Å².